The monoisotopic (exact) mass is 394 g/mol. The van der Waals surface area contributed by atoms with Gasteiger partial charge in [0.15, 0.2) is 0 Å². The van der Waals surface area contributed by atoms with Crippen LogP contribution in [0.25, 0.3) is 0 Å². The van der Waals surface area contributed by atoms with Gasteiger partial charge in [0, 0.05) is 6.54 Å². The summed E-state index contributed by atoms with van der Waals surface area (Å²) < 4.78 is 41.3. The number of amides is 1. The smallest absolute Gasteiger partial charge is 0.261 e. The maximum atomic E-state index is 13.3. The molecule has 0 saturated heterocycles. The molecule has 0 spiro atoms. The molecule has 8 heteroatoms. The van der Waals surface area contributed by atoms with Gasteiger partial charge in [0.25, 0.3) is 10.0 Å². The minimum atomic E-state index is -3.89. The molecule has 26 heavy (non-hydrogen) atoms. The zero-order valence-corrected chi connectivity index (χ0v) is 15.5. The molecular weight excluding hydrogens is 379 g/mol. The van der Waals surface area contributed by atoms with E-state index in [-0.39, 0.29) is 27.4 Å². The summed E-state index contributed by atoms with van der Waals surface area (Å²) in [6.45, 7) is 2.46. The summed E-state index contributed by atoms with van der Waals surface area (Å²) in [5.41, 5.74) is 2.64. The Labute approximate surface area is 155 Å². The van der Waals surface area contributed by atoms with Gasteiger partial charge in [-0.15, -0.1) is 0 Å². The highest BCUT2D eigenvalue weighted by atomic mass is 35.5. The highest BCUT2D eigenvalue weighted by Crippen LogP contribution is 2.44. The standard InChI is InChI=1S/C18H16ClFN2O3S/c1-10-14-9-13(7-11-3-2-6-22(17(11)14)18(10)23)26(24,25)21-12-4-5-16(20)15(19)8-12/h4-5,7-10,21H,2-3,6H2,1H3/t10-/m1/s1. The Bertz CT molecular complexity index is 1040. The van der Waals surface area contributed by atoms with Gasteiger partial charge in [0.05, 0.1) is 27.2 Å². The highest BCUT2D eigenvalue weighted by molar-refractivity contribution is 7.92. The minimum absolute atomic E-state index is 0.00812. The molecular formula is C18H16ClFN2O3S. The van der Waals surface area contributed by atoms with Crippen LogP contribution in [0.15, 0.2) is 35.2 Å². The van der Waals surface area contributed by atoms with Crippen LogP contribution in [-0.4, -0.2) is 20.9 Å². The molecule has 0 unspecified atom stereocenters. The number of anilines is 2. The maximum absolute atomic E-state index is 13.3. The van der Waals surface area contributed by atoms with Crippen LogP contribution in [0, 0.1) is 5.82 Å². The number of hydrogen-bond acceptors (Lipinski definition) is 3. The van der Waals surface area contributed by atoms with Crippen molar-refractivity contribution < 1.29 is 17.6 Å². The predicted octanol–water partition coefficient (Wildman–Crippen LogP) is 3.68. The first-order chi connectivity index (χ1) is 12.3. The fraction of sp³-hybridized carbons (Fsp3) is 0.278. The third-order valence-electron chi connectivity index (χ3n) is 4.87. The van der Waals surface area contributed by atoms with E-state index < -0.39 is 15.8 Å². The van der Waals surface area contributed by atoms with Crippen molar-refractivity contribution >= 4 is 38.9 Å². The number of sulfonamides is 1. The number of aryl methyl sites for hydroxylation is 1. The first-order valence-electron chi connectivity index (χ1n) is 8.24. The van der Waals surface area contributed by atoms with Gasteiger partial charge in [-0.3, -0.25) is 9.52 Å². The Morgan fingerprint density at radius 2 is 2.04 bits per heavy atom. The molecule has 0 aromatic heterocycles. The molecule has 0 aliphatic carbocycles. The third kappa shape index (κ3) is 2.66. The Kier molecular flexibility index (Phi) is 3.96. The first kappa shape index (κ1) is 17.3. The summed E-state index contributed by atoms with van der Waals surface area (Å²) in [7, 11) is -3.89. The fourth-order valence-electron chi connectivity index (χ4n) is 3.59. The molecule has 4 rings (SSSR count). The summed E-state index contributed by atoms with van der Waals surface area (Å²) >= 11 is 5.72. The van der Waals surface area contributed by atoms with E-state index in [1.165, 1.54) is 12.1 Å². The Morgan fingerprint density at radius 3 is 2.77 bits per heavy atom. The van der Waals surface area contributed by atoms with Gasteiger partial charge >= 0.3 is 0 Å². The number of rotatable bonds is 3. The zero-order chi connectivity index (χ0) is 18.6. The zero-order valence-electron chi connectivity index (χ0n) is 13.9. The van der Waals surface area contributed by atoms with Crippen molar-refractivity contribution in [2.75, 3.05) is 16.2 Å². The van der Waals surface area contributed by atoms with Crippen LogP contribution in [0.4, 0.5) is 15.8 Å². The van der Waals surface area contributed by atoms with Crippen molar-refractivity contribution in [3.8, 4) is 0 Å². The van der Waals surface area contributed by atoms with Gasteiger partial charge < -0.3 is 4.90 Å². The number of benzene rings is 2. The van der Waals surface area contributed by atoms with Crippen molar-refractivity contribution in [3.63, 3.8) is 0 Å². The van der Waals surface area contributed by atoms with Crippen molar-refractivity contribution in [2.24, 2.45) is 0 Å². The number of carbonyl (C=O) groups is 1. The number of halogens is 2. The summed E-state index contributed by atoms with van der Waals surface area (Å²) in [5.74, 6) is -0.977. The van der Waals surface area contributed by atoms with Crippen molar-refractivity contribution in [1.29, 1.82) is 0 Å². The van der Waals surface area contributed by atoms with Crippen LogP contribution in [0.2, 0.25) is 5.02 Å². The molecule has 2 heterocycles. The van der Waals surface area contributed by atoms with Crippen molar-refractivity contribution in [3.05, 3.63) is 52.3 Å². The van der Waals surface area contributed by atoms with Crippen LogP contribution in [0.5, 0.6) is 0 Å². The molecule has 136 valence electrons. The Morgan fingerprint density at radius 1 is 1.27 bits per heavy atom. The van der Waals surface area contributed by atoms with Crippen LogP contribution in [0.1, 0.15) is 30.4 Å². The summed E-state index contributed by atoms with van der Waals surface area (Å²) in [5, 5.41) is -0.163. The molecule has 1 amide bonds. The molecule has 0 radical (unpaired) electrons. The van der Waals surface area contributed by atoms with Crippen molar-refractivity contribution in [2.45, 2.75) is 30.6 Å². The van der Waals surface area contributed by atoms with E-state index in [0.717, 1.165) is 35.7 Å². The topological polar surface area (TPSA) is 66.5 Å². The molecule has 0 fully saturated rings. The van der Waals surface area contributed by atoms with E-state index in [1.54, 1.807) is 24.0 Å². The normalized spacial score (nSPS) is 18.8. The largest absolute Gasteiger partial charge is 0.311 e. The molecule has 1 atom stereocenters. The SMILES string of the molecule is C[C@H]1C(=O)N2CCCc3cc(S(=O)(=O)Nc4ccc(F)c(Cl)c4)cc1c32. The van der Waals surface area contributed by atoms with Crippen LogP contribution in [0.3, 0.4) is 0 Å². The lowest BCUT2D eigenvalue weighted by molar-refractivity contribution is -0.119. The minimum Gasteiger partial charge on any atom is -0.311 e. The average Bonchev–Trinajstić information content (AvgIpc) is 2.85. The Hall–Kier alpha value is -2.12. The molecule has 2 aliphatic rings. The molecule has 2 aliphatic heterocycles. The second-order valence-corrected chi connectivity index (χ2v) is 8.66. The molecule has 0 saturated carbocycles. The lowest BCUT2D eigenvalue weighted by Crippen LogP contribution is -2.32. The second kappa shape index (κ2) is 5.96. The van der Waals surface area contributed by atoms with E-state index in [1.807, 2.05) is 0 Å². The van der Waals surface area contributed by atoms with Gasteiger partial charge in [-0.1, -0.05) is 11.6 Å². The van der Waals surface area contributed by atoms with Gasteiger partial charge in [0.1, 0.15) is 5.82 Å². The van der Waals surface area contributed by atoms with E-state index in [2.05, 4.69) is 4.72 Å². The number of carbonyl (C=O) groups excluding carboxylic acids is 1. The average molecular weight is 395 g/mol. The third-order valence-corrected chi connectivity index (χ3v) is 6.53. The highest BCUT2D eigenvalue weighted by Gasteiger charge is 2.38. The first-order valence-corrected chi connectivity index (χ1v) is 10.1. The summed E-state index contributed by atoms with van der Waals surface area (Å²) in [6.07, 6.45) is 1.53. The number of nitrogens with one attached hydrogen (secondary N) is 1. The fourth-order valence-corrected chi connectivity index (χ4v) is 4.91. The second-order valence-electron chi connectivity index (χ2n) is 6.57. The molecule has 2 aromatic rings. The van der Waals surface area contributed by atoms with Gasteiger partial charge in [0.2, 0.25) is 5.91 Å². The molecule has 1 N–H and O–H groups in total. The summed E-state index contributed by atoms with van der Waals surface area (Å²) in [4.78, 5) is 14.3. The van der Waals surface area contributed by atoms with E-state index in [0.29, 0.717) is 6.54 Å². The Balaban J connectivity index is 1.76. The lowest BCUT2D eigenvalue weighted by Gasteiger charge is -2.26. The maximum Gasteiger partial charge on any atom is 0.261 e. The van der Waals surface area contributed by atoms with Crippen LogP contribution in [-0.2, 0) is 21.2 Å². The van der Waals surface area contributed by atoms with Gasteiger partial charge in [-0.25, -0.2) is 12.8 Å². The van der Waals surface area contributed by atoms with E-state index in [4.69, 9.17) is 11.6 Å². The van der Waals surface area contributed by atoms with Gasteiger partial charge in [-0.05, 0) is 61.2 Å². The van der Waals surface area contributed by atoms with Crippen molar-refractivity contribution in [1.82, 2.24) is 0 Å². The molecule has 0 bridgehead atoms. The predicted molar refractivity (Wildman–Crippen MR) is 97.7 cm³/mol. The summed E-state index contributed by atoms with van der Waals surface area (Å²) in [6, 6.07) is 6.80. The van der Waals surface area contributed by atoms with E-state index in [9.17, 15) is 17.6 Å². The molecule has 5 nitrogen and oxygen atoms in total. The number of nitrogens with zero attached hydrogens (tertiary/aromatic N) is 1. The molecule has 2 aromatic carbocycles. The lowest BCUT2D eigenvalue weighted by atomic mass is 9.97. The number of hydrogen-bond donors (Lipinski definition) is 1. The quantitative estimate of drug-likeness (QED) is 0.863. The van der Waals surface area contributed by atoms with Crippen LogP contribution >= 0.6 is 11.6 Å². The van der Waals surface area contributed by atoms with Gasteiger partial charge in [-0.2, -0.15) is 0 Å². The van der Waals surface area contributed by atoms with E-state index >= 15 is 0 Å². The van der Waals surface area contributed by atoms with Crippen LogP contribution < -0.4 is 9.62 Å².